The maximum atomic E-state index is 13.0. The second-order valence-corrected chi connectivity index (χ2v) is 6.94. The van der Waals surface area contributed by atoms with E-state index in [0.717, 1.165) is 29.8 Å². The molecule has 2 aromatic carbocycles. The summed E-state index contributed by atoms with van der Waals surface area (Å²) < 4.78 is 0. The van der Waals surface area contributed by atoms with Crippen molar-refractivity contribution in [3.8, 4) is 0 Å². The molecule has 1 aliphatic heterocycles. The van der Waals surface area contributed by atoms with Gasteiger partial charge in [0, 0.05) is 22.3 Å². The summed E-state index contributed by atoms with van der Waals surface area (Å²) in [6, 6.07) is 16.0. The van der Waals surface area contributed by atoms with E-state index in [4.69, 9.17) is 0 Å². The molecule has 0 bridgehead atoms. The Hall–Kier alpha value is -1.74. The van der Waals surface area contributed by atoms with Crippen LogP contribution in [0.25, 0.3) is 0 Å². The topological polar surface area (TPSA) is 20.3 Å². The van der Waals surface area contributed by atoms with Gasteiger partial charge < -0.3 is 4.90 Å². The minimum Gasteiger partial charge on any atom is -0.307 e. The van der Waals surface area contributed by atoms with Gasteiger partial charge in [0.05, 0.1) is 5.69 Å². The molecule has 1 amide bonds. The van der Waals surface area contributed by atoms with Crippen molar-refractivity contribution in [2.24, 2.45) is 0 Å². The molecule has 3 rings (SSSR count). The monoisotopic (exact) mass is 297 g/mol. The van der Waals surface area contributed by atoms with E-state index in [1.807, 2.05) is 60.0 Å². The number of rotatable bonds is 1. The van der Waals surface area contributed by atoms with Crippen LogP contribution in [0.3, 0.4) is 0 Å². The van der Waals surface area contributed by atoms with Crippen LogP contribution >= 0.6 is 11.8 Å². The summed E-state index contributed by atoms with van der Waals surface area (Å²) in [4.78, 5) is 16.1. The van der Waals surface area contributed by atoms with Gasteiger partial charge in [-0.1, -0.05) is 37.3 Å². The molecule has 1 atom stereocenters. The van der Waals surface area contributed by atoms with E-state index in [1.165, 1.54) is 4.90 Å². The lowest BCUT2D eigenvalue weighted by Gasteiger charge is -2.23. The third-order valence-electron chi connectivity index (χ3n) is 3.86. The Morgan fingerprint density at radius 3 is 2.67 bits per heavy atom. The summed E-state index contributed by atoms with van der Waals surface area (Å²) in [5.41, 5.74) is 2.87. The zero-order valence-electron chi connectivity index (χ0n) is 12.4. The third-order valence-corrected chi connectivity index (χ3v) is 5.10. The highest BCUT2D eigenvalue weighted by molar-refractivity contribution is 8.00. The van der Waals surface area contributed by atoms with Crippen molar-refractivity contribution in [3.05, 3.63) is 59.7 Å². The van der Waals surface area contributed by atoms with Gasteiger partial charge in [-0.15, -0.1) is 11.8 Å². The van der Waals surface area contributed by atoms with Crippen LogP contribution in [0.5, 0.6) is 0 Å². The molecule has 0 N–H and O–H groups in total. The lowest BCUT2D eigenvalue weighted by atomic mass is 10.1. The number of hydrogen-bond donors (Lipinski definition) is 0. The van der Waals surface area contributed by atoms with Gasteiger partial charge in [0.2, 0.25) is 0 Å². The molecule has 0 aromatic heterocycles. The Kier molecular flexibility index (Phi) is 4.02. The normalized spacial score (nSPS) is 18.0. The van der Waals surface area contributed by atoms with Crippen molar-refractivity contribution in [3.63, 3.8) is 0 Å². The number of fused-ring (bicyclic) bond motifs is 1. The van der Waals surface area contributed by atoms with Gasteiger partial charge in [0.1, 0.15) is 0 Å². The van der Waals surface area contributed by atoms with Crippen LogP contribution in [-0.2, 0) is 0 Å². The third kappa shape index (κ3) is 2.84. The number of thioether (sulfide) groups is 1. The molecule has 0 fully saturated rings. The van der Waals surface area contributed by atoms with Crippen LogP contribution < -0.4 is 4.90 Å². The molecule has 1 heterocycles. The van der Waals surface area contributed by atoms with Gasteiger partial charge in [-0.2, -0.15) is 0 Å². The van der Waals surface area contributed by atoms with Crippen molar-refractivity contribution < 1.29 is 4.79 Å². The fraction of sp³-hybridized carbons (Fsp3) is 0.278. The van der Waals surface area contributed by atoms with E-state index >= 15 is 0 Å². The first-order chi connectivity index (χ1) is 10.2. The van der Waals surface area contributed by atoms with Gasteiger partial charge in [-0.25, -0.2) is 0 Å². The number of aryl methyl sites for hydroxylation is 1. The average molecular weight is 297 g/mol. The van der Waals surface area contributed by atoms with Crippen LogP contribution in [0.1, 0.15) is 29.3 Å². The summed E-state index contributed by atoms with van der Waals surface area (Å²) >= 11 is 1.86. The second kappa shape index (κ2) is 5.94. The molecule has 0 saturated heterocycles. The second-order valence-electron chi connectivity index (χ2n) is 5.46. The average Bonchev–Trinajstić information content (AvgIpc) is 2.65. The van der Waals surface area contributed by atoms with Gasteiger partial charge in [0.25, 0.3) is 5.91 Å². The number of para-hydroxylation sites is 1. The van der Waals surface area contributed by atoms with Gasteiger partial charge in [-0.05, 0) is 37.1 Å². The zero-order valence-corrected chi connectivity index (χ0v) is 13.2. The molecule has 2 nitrogen and oxygen atoms in total. The summed E-state index contributed by atoms with van der Waals surface area (Å²) in [7, 11) is 0. The Morgan fingerprint density at radius 2 is 1.86 bits per heavy atom. The summed E-state index contributed by atoms with van der Waals surface area (Å²) in [6.45, 7) is 5.00. The lowest BCUT2D eigenvalue weighted by Crippen LogP contribution is -2.32. The van der Waals surface area contributed by atoms with Crippen molar-refractivity contribution in [1.82, 2.24) is 0 Å². The van der Waals surface area contributed by atoms with E-state index in [0.29, 0.717) is 5.25 Å². The maximum absolute atomic E-state index is 13.0. The molecular weight excluding hydrogens is 278 g/mol. The van der Waals surface area contributed by atoms with E-state index in [2.05, 4.69) is 19.1 Å². The van der Waals surface area contributed by atoms with Crippen LogP contribution in [0, 0.1) is 6.92 Å². The quantitative estimate of drug-likeness (QED) is 0.771. The number of hydrogen-bond acceptors (Lipinski definition) is 2. The van der Waals surface area contributed by atoms with E-state index in [9.17, 15) is 4.79 Å². The van der Waals surface area contributed by atoms with Gasteiger partial charge in [0.15, 0.2) is 0 Å². The van der Waals surface area contributed by atoms with Crippen LogP contribution in [0.4, 0.5) is 5.69 Å². The van der Waals surface area contributed by atoms with Crippen molar-refractivity contribution in [1.29, 1.82) is 0 Å². The molecule has 3 heteroatoms. The summed E-state index contributed by atoms with van der Waals surface area (Å²) in [6.07, 6.45) is 1.01. The maximum Gasteiger partial charge on any atom is 0.258 e. The van der Waals surface area contributed by atoms with Crippen molar-refractivity contribution >= 4 is 23.4 Å². The Balaban J connectivity index is 2.02. The smallest absolute Gasteiger partial charge is 0.258 e. The highest BCUT2D eigenvalue weighted by Crippen LogP contribution is 2.37. The van der Waals surface area contributed by atoms with Crippen LogP contribution in [0.15, 0.2) is 53.4 Å². The Bertz CT molecular complexity index is 668. The first-order valence-corrected chi connectivity index (χ1v) is 8.18. The number of carbonyl (C=O) groups excluding carboxylic acids is 1. The molecular formula is C18H19NOS. The summed E-state index contributed by atoms with van der Waals surface area (Å²) in [5.74, 6) is 0.107. The lowest BCUT2D eigenvalue weighted by molar-refractivity contribution is 0.0986. The molecule has 1 unspecified atom stereocenters. The minimum atomic E-state index is 0.107. The first kappa shape index (κ1) is 14.2. The van der Waals surface area contributed by atoms with E-state index < -0.39 is 0 Å². The number of amides is 1. The molecule has 0 saturated carbocycles. The van der Waals surface area contributed by atoms with E-state index in [-0.39, 0.29) is 5.91 Å². The van der Waals surface area contributed by atoms with Crippen molar-refractivity contribution in [2.45, 2.75) is 30.4 Å². The highest BCUT2D eigenvalue weighted by atomic mass is 32.2. The van der Waals surface area contributed by atoms with Crippen LogP contribution in [0.2, 0.25) is 0 Å². The molecule has 1 aliphatic rings. The molecule has 0 radical (unpaired) electrons. The van der Waals surface area contributed by atoms with Crippen molar-refractivity contribution in [2.75, 3.05) is 11.4 Å². The molecule has 108 valence electrons. The summed E-state index contributed by atoms with van der Waals surface area (Å²) in [5, 5.41) is 0.529. The first-order valence-electron chi connectivity index (χ1n) is 7.30. The molecule has 21 heavy (non-hydrogen) atoms. The minimum absolute atomic E-state index is 0.107. The predicted octanol–water partition coefficient (Wildman–Crippen LogP) is 4.53. The number of anilines is 1. The predicted molar refractivity (Wildman–Crippen MR) is 89.2 cm³/mol. The van der Waals surface area contributed by atoms with E-state index in [1.54, 1.807) is 0 Å². The fourth-order valence-corrected chi connectivity index (χ4v) is 3.77. The molecule has 0 spiro atoms. The van der Waals surface area contributed by atoms with Gasteiger partial charge >= 0.3 is 0 Å². The highest BCUT2D eigenvalue weighted by Gasteiger charge is 2.25. The van der Waals surface area contributed by atoms with Crippen LogP contribution in [-0.4, -0.2) is 17.7 Å². The number of nitrogens with zero attached hydrogens (tertiary/aromatic N) is 1. The zero-order chi connectivity index (χ0) is 14.8. The Labute approximate surface area is 130 Å². The fourth-order valence-electron chi connectivity index (χ4n) is 2.66. The molecule has 2 aromatic rings. The number of benzene rings is 2. The standard InChI is InChI=1S/C18H19NOS/c1-13-7-3-4-8-15(13)18(20)19-12-11-14(2)21-17-10-6-5-9-16(17)19/h3-10,14H,11-12H2,1-2H3. The van der Waals surface area contributed by atoms with Gasteiger partial charge in [-0.3, -0.25) is 4.79 Å². The largest absolute Gasteiger partial charge is 0.307 e. The SMILES string of the molecule is Cc1ccccc1C(=O)N1CCC(C)Sc2ccccc21. The number of carbonyl (C=O) groups is 1. The Morgan fingerprint density at radius 1 is 1.14 bits per heavy atom. The molecule has 0 aliphatic carbocycles.